The van der Waals surface area contributed by atoms with Gasteiger partial charge in [0.15, 0.2) is 0 Å². The first kappa shape index (κ1) is 123. The molecule has 15 rings (SSSR count). The van der Waals surface area contributed by atoms with E-state index in [1.807, 2.05) is 13.8 Å². The van der Waals surface area contributed by atoms with Crippen LogP contribution >= 0.6 is 0 Å². The molecule has 3 aliphatic carbocycles. The number of hydrogen-bond donors (Lipinski definition) is 13. The number of halogens is 5. The highest BCUT2D eigenvalue weighted by Gasteiger charge is 2.57. The molecular weight excluding hydrogens is 1700 g/mol. The van der Waals surface area contributed by atoms with Crippen molar-refractivity contribution in [2.45, 2.75) is 481 Å². The molecule has 12 saturated heterocycles. The molecular formula is C101H205F5N22O5. The number of piperidine rings is 9. The number of rotatable bonds is 17. The van der Waals surface area contributed by atoms with Gasteiger partial charge in [-0.15, -0.1) is 0 Å². The van der Waals surface area contributed by atoms with Crippen LogP contribution in [0.2, 0.25) is 0 Å². The third-order valence-corrected chi connectivity index (χ3v) is 30.9. The zero-order chi connectivity index (χ0) is 100. The molecule has 32 heteroatoms. The SMILES string of the molecule is CC(C)N1CC(C#N)C1.CC(C)N1CC(N)CC(C#N)C1.CC(C)N1CC(N)CC(F)(F)C1.CC(C)N1CC(N)CC(O)C1.CC(C)N1CC(N)CCC1CO.CC(C)N1CC(O)(C2(N)CCCC2)C1.CC(C)N1CC(O)(C2CCCCC2)C1.CC(C)N1CC2CCC1C(N)C2.CC(C)N1CCC(F)C(N)C1.CC(C)N1CCC(OC(F)F)C(N)C1.CCC1CCC(N)CN1C(C)C. The lowest BCUT2D eigenvalue weighted by Gasteiger charge is -2.56. The monoisotopic (exact) mass is 1900 g/mol. The number of nitrogens with two attached hydrogens (primary N) is 9. The van der Waals surface area contributed by atoms with Gasteiger partial charge in [-0.1, -0.05) is 39.0 Å². The van der Waals surface area contributed by atoms with Gasteiger partial charge in [-0.05, 0) is 267 Å². The second-order valence-corrected chi connectivity index (χ2v) is 45.5. The number of alkyl halides is 5. The van der Waals surface area contributed by atoms with E-state index in [-0.39, 0.29) is 79.0 Å². The van der Waals surface area contributed by atoms with Crippen LogP contribution in [0.1, 0.15) is 301 Å². The Bertz CT molecular complexity index is 3100. The first-order valence-corrected chi connectivity index (χ1v) is 52.6. The van der Waals surface area contributed by atoms with E-state index in [1.54, 1.807) is 4.90 Å². The first-order chi connectivity index (χ1) is 62.0. The van der Waals surface area contributed by atoms with Gasteiger partial charge in [0, 0.05) is 263 Å². The second kappa shape index (κ2) is 59.6. The maximum Gasteiger partial charge on any atom is 0.345 e. The molecule has 0 aromatic heterocycles. The number of nitrogens with zero attached hydrogens (tertiary/aromatic N) is 13. The fourth-order valence-corrected chi connectivity index (χ4v) is 21.7. The predicted molar refractivity (Wildman–Crippen MR) is 537 cm³/mol. The normalized spacial score (nSPS) is 32.1. The van der Waals surface area contributed by atoms with Crippen molar-refractivity contribution in [1.29, 1.82) is 10.5 Å². The lowest BCUT2D eigenvalue weighted by molar-refractivity contribution is -0.178. The summed E-state index contributed by atoms with van der Waals surface area (Å²) in [5.74, 6) is -0.663. The largest absolute Gasteiger partial charge is 0.395 e. The quantitative estimate of drug-likeness (QED) is 0.0602. The fraction of sp³-hybridized carbons (Fsp3) is 0.980. The van der Waals surface area contributed by atoms with E-state index in [1.165, 1.54) is 90.0 Å². The number of β-amino-alcohol motifs (C(OH)–C–C–N with tert-alkyl or cyclic N) is 3. The molecule has 16 unspecified atom stereocenters. The molecule has 784 valence electrons. The van der Waals surface area contributed by atoms with Gasteiger partial charge in [0.05, 0.1) is 54.9 Å². The Morgan fingerprint density at radius 2 is 0.842 bits per heavy atom. The molecule has 12 heterocycles. The summed E-state index contributed by atoms with van der Waals surface area (Å²) in [4.78, 5) is 25.0. The van der Waals surface area contributed by atoms with E-state index < -0.39 is 30.4 Å². The van der Waals surface area contributed by atoms with Gasteiger partial charge >= 0.3 is 6.61 Å². The lowest BCUT2D eigenvalue weighted by Crippen LogP contribution is -2.76. The Morgan fingerprint density at radius 3 is 1.26 bits per heavy atom. The molecule has 2 bridgehead atoms. The minimum atomic E-state index is -2.71. The average Bonchev–Trinajstić information content (AvgIpc) is 1.72. The zero-order valence-electron chi connectivity index (χ0n) is 88.1. The van der Waals surface area contributed by atoms with Gasteiger partial charge < -0.3 is 76.8 Å². The van der Waals surface area contributed by atoms with Crippen molar-refractivity contribution in [3.8, 4) is 12.1 Å². The molecule has 3 saturated carbocycles. The maximum atomic E-state index is 12.9. The summed E-state index contributed by atoms with van der Waals surface area (Å²) in [6.07, 6.45) is 21.9. The highest BCUT2D eigenvalue weighted by molar-refractivity contribution is 5.15. The zero-order valence-corrected chi connectivity index (χ0v) is 88.1. The van der Waals surface area contributed by atoms with Gasteiger partial charge in [0.2, 0.25) is 0 Å². The van der Waals surface area contributed by atoms with Crippen LogP contribution in [0.15, 0.2) is 0 Å². The predicted octanol–water partition coefficient (Wildman–Crippen LogP) is 9.79. The summed E-state index contributed by atoms with van der Waals surface area (Å²) in [5.41, 5.74) is 51.4. The number of aliphatic hydroxyl groups is 4. The molecule has 0 amide bonds. The van der Waals surface area contributed by atoms with Crippen LogP contribution in [-0.4, -0.2) is 386 Å². The smallest absolute Gasteiger partial charge is 0.345 e. The highest BCUT2D eigenvalue weighted by atomic mass is 19.3. The molecule has 0 spiro atoms. The van der Waals surface area contributed by atoms with Gasteiger partial charge in [0.25, 0.3) is 5.92 Å². The van der Waals surface area contributed by atoms with Crippen molar-refractivity contribution in [3.05, 3.63) is 0 Å². The van der Waals surface area contributed by atoms with Crippen molar-refractivity contribution >= 4 is 0 Å². The van der Waals surface area contributed by atoms with Gasteiger partial charge in [-0.25, -0.2) is 13.2 Å². The topological polar surface area (TPSA) is 408 Å². The van der Waals surface area contributed by atoms with Crippen LogP contribution in [-0.2, 0) is 4.74 Å². The van der Waals surface area contributed by atoms with E-state index >= 15 is 0 Å². The molecule has 15 aliphatic rings. The molecule has 27 nitrogen and oxygen atoms in total. The van der Waals surface area contributed by atoms with E-state index in [4.69, 9.17) is 67.2 Å². The van der Waals surface area contributed by atoms with E-state index in [2.05, 4.69) is 211 Å². The number of hydrogen-bond acceptors (Lipinski definition) is 27. The molecule has 0 aromatic rings. The molecule has 22 N–H and O–H groups in total. The Balaban J connectivity index is 0.000000306. The Morgan fingerprint density at radius 1 is 0.406 bits per heavy atom. The number of likely N-dealkylation sites (tertiary alicyclic amines) is 10. The Labute approximate surface area is 807 Å². The van der Waals surface area contributed by atoms with Crippen LogP contribution < -0.4 is 51.6 Å². The summed E-state index contributed by atoms with van der Waals surface area (Å²) in [6.45, 7) is 62.7. The Hall–Kier alpha value is -2.37. The number of fused-ring (bicyclic) bond motifs is 3. The van der Waals surface area contributed by atoms with Crippen LogP contribution in [0.25, 0.3) is 0 Å². The number of ether oxygens (including phenoxy) is 1. The number of aliphatic hydroxyl groups excluding tert-OH is 2. The molecule has 16 atom stereocenters. The highest BCUT2D eigenvalue weighted by Crippen LogP contribution is 2.43. The number of nitriles is 2. The average molecular weight is 1900 g/mol. The summed E-state index contributed by atoms with van der Waals surface area (Å²) in [5, 5.41) is 56.5. The third kappa shape index (κ3) is 41.8. The van der Waals surface area contributed by atoms with Crippen LogP contribution in [0.4, 0.5) is 22.0 Å². The van der Waals surface area contributed by atoms with Crippen molar-refractivity contribution < 1.29 is 47.1 Å². The summed E-state index contributed by atoms with van der Waals surface area (Å²) < 4.78 is 67.1. The Kier molecular flexibility index (Phi) is 55.1. The third-order valence-electron chi connectivity index (χ3n) is 30.9. The summed E-state index contributed by atoms with van der Waals surface area (Å²) >= 11 is 0. The minimum Gasteiger partial charge on any atom is -0.395 e. The minimum absolute atomic E-state index is 0.135. The molecule has 133 heavy (non-hydrogen) atoms. The van der Waals surface area contributed by atoms with Crippen molar-refractivity contribution in [3.63, 3.8) is 0 Å². The molecule has 0 radical (unpaired) electrons. The van der Waals surface area contributed by atoms with Crippen molar-refractivity contribution in [2.24, 2.45) is 75.3 Å². The lowest BCUT2D eigenvalue weighted by atomic mass is 9.72. The first-order valence-electron chi connectivity index (χ1n) is 52.6. The fourth-order valence-electron chi connectivity index (χ4n) is 21.7. The van der Waals surface area contributed by atoms with Crippen LogP contribution in [0.3, 0.4) is 0 Å². The maximum absolute atomic E-state index is 12.9. The van der Waals surface area contributed by atoms with Crippen molar-refractivity contribution in [1.82, 2.24) is 53.9 Å². The second-order valence-electron chi connectivity index (χ2n) is 45.5. The standard InChI is InChI=1S/C12H23NO.C11H22N2O.C10H20N2.C10H22N2.C9H18F2N2O.C9H17N3.C9H20N2O.C8H16F2N2.C8H17FN2.C8H18N2O.C7H12N2/c1-10(2)13-8-12(14,9-13)11-6-4-3-5-7-11;1-9(2)13-7-11(14,8-13)10(12)5-3-4-6-10;1-7(2)12-6-8-3-4-10(12)9(11)5-8;1-4-10-6-5-9(11)7-12(10)8(2)3;1-6(2)13-4-3-8(7(12)5-13)14-9(10)11;1-7(2)12-5-8(4-10)3-9(11)6-12;1-7(2)11-5-8(10)3-4-9(11)6-12;1-6(2)12-4-7(11)3-8(9,10)5-12;1-6(2)11-4-3-7(9)8(10)5-11;1-6(2)10-4-7(9)3-8(11)5-10;1-6(2)9-4-7(3-8)5-9/h10-11,14H,3-9H2,1-2H3;9,14H,3-8,12H2,1-2H3;7-10H,3-6,11H2,1-2H3;8-10H,4-7,11H2,1-3H3;6-9H,3-5,12H2,1-2H3;7-9H,3,5-6,11H2,1-2H3;7-9,12H,3-6,10H2,1-2H3;6-7H,3-5,11H2,1-2H3;6-8H,3-5,10H2,1-2H3;6-8,11H,3-5,9H2,1-2H3;6-7H,4-5H2,1-2H3. The van der Waals surface area contributed by atoms with Gasteiger partial charge in [-0.3, -0.25) is 53.9 Å². The van der Waals surface area contributed by atoms with Crippen LogP contribution in [0, 0.1) is 46.3 Å². The van der Waals surface area contributed by atoms with Crippen molar-refractivity contribution in [2.75, 3.05) is 131 Å². The summed E-state index contributed by atoms with van der Waals surface area (Å²) in [7, 11) is 0. The van der Waals surface area contributed by atoms with E-state index in [0.717, 1.165) is 142 Å². The van der Waals surface area contributed by atoms with Gasteiger partial charge in [0.1, 0.15) is 11.8 Å². The molecule has 12 aliphatic heterocycles. The van der Waals surface area contributed by atoms with E-state index in [9.17, 15) is 37.3 Å². The van der Waals surface area contributed by atoms with Gasteiger partial charge in [-0.2, -0.15) is 19.3 Å². The van der Waals surface area contributed by atoms with E-state index in [0.29, 0.717) is 135 Å². The molecule has 0 aromatic carbocycles. The molecule has 15 fully saturated rings. The van der Waals surface area contributed by atoms with Crippen LogP contribution in [0.5, 0.6) is 0 Å². The summed E-state index contributed by atoms with van der Waals surface area (Å²) in [6, 6.07) is 12.5.